The molecule has 2 saturated heterocycles. The number of hydrogen-bond acceptors (Lipinski definition) is 4. The molecule has 0 spiro atoms. The van der Waals surface area contributed by atoms with E-state index in [9.17, 15) is 9.59 Å². The number of para-hydroxylation sites is 1. The number of likely N-dealkylation sites (tertiary alicyclic amines) is 1. The maximum absolute atomic E-state index is 12.9. The molecule has 2 fully saturated rings. The van der Waals surface area contributed by atoms with Gasteiger partial charge in [0.15, 0.2) is 0 Å². The summed E-state index contributed by atoms with van der Waals surface area (Å²) in [4.78, 5) is 31.2. The molecule has 0 aliphatic carbocycles. The van der Waals surface area contributed by atoms with Gasteiger partial charge in [0.05, 0.1) is 23.3 Å². The van der Waals surface area contributed by atoms with Crippen LogP contribution in [0.2, 0.25) is 5.02 Å². The van der Waals surface area contributed by atoms with Crippen molar-refractivity contribution in [2.45, 2.75) is 12.3 Å². The van der Waals surface area contributed by atoms with Gasteiger partial charge >= 0.3 is 0 Å². The van der Waals surface area contributed by atoms with Gasteiger partial charge < -0.3 is 4.90 Å². The molecule has 2 aliphatic rings. The van der Waals surface area contributed by atoms with Gasteiger partial charge in [0.2, 0.25) is 11.8 Å². The van der Waals surface area contributed by atoms with Crippen LogP contribution in [0.3, 0.4) is 0 Å². The zero-order chi connectivity index (χ0) is 19.7. The standard InChI is InChI=1S/C21H21BrClN3O2/c22-17-6-2-1-5-15(17)16-13-20(27)26(21(16)28)14-24-9-11-25(12-10-24)19-8-4-3-7-18(19)23/h1-8,16H,9-14H2. The van der Waals surface area contributed by atoms with Crippen molar-refractivity contribution in [3.8, 4) is 0 Å². The second-order valence-electron chi connectivity index (χ2n) is 7.14. The number of nitrogens with zero attached hydrogens (tertiary/aromatic N) is 3. The fourth-order valence-electron chi connectivity index (χ4n) is 3.87. The third-order valence-corrected chi connectivity index (χ3v) is 6.47. The van der Waals surface area contributed by atoms with E-state index in [4.69, 9.17) is 11.6 Å². The van der Waals surface area contributed by atoms with Crippen LogP contribution in [-0.2, 0) is 9.59 Å². The van der Waals surface area contributed by atoms with Gasteiger partial charge in [-0.2, -0.15) is 0 Å². The fraction of sp³-hybridized carbons (Fsp3) is 0.333. The molecule has 28 heavy (non-hydrogen) atoms. The first-order valence-corrected chi connectivity index (χ1v) is 10.5. The molecule has 0 saturated carbocycles. The molecule has 5 nitrogen and oxygen atoms in total. The van der Waals surface area contributed by atoms with Gasteiger partial charge in [-0.25, -0.2) is 0 Å². The lowest BCUT2D eigenvalue weighted by Crippen LogP contribution is -2.51. The van der Waals surface area contributed by atoms with E-state index in [2.05, 4.69) is 25.7 Å². The normalized spacial score (nSPS) is 20.9. The van der Waals surface area contributed by atoms with Crippen LogP contribution in [0.25, 0.3) is 0 Å². The fourth-order valence-corrected chi connectivity index (χ4v) is 4.69. The van der Waals surface area contributed by atoms with Crippen molar-refractivity contribution in [1.82, 2.24) is 9.80 Å². The maximum Gasteiger partial charge on any atom is 0.238 e. The number of anilines is 1. The quantitative estimate of drug-likeness (QED) is 0.650. The summed E-state index contributed by atoms with van der Waals surface area (Å²) in [6.45, 7) is 3.54. The number of halogens is 2. The molecule has 7 heteroatoms. The predicted molar refractivity (Wildman–Crippen MR) is 113 cm³/mol. The number of carbonyl (C=O) groups is 2. The highest BCUT2D eigenvalue weighted by atomic mass is 79.9. The van der Waals surface area contributed by atoms with E-state index >= 15 is 0 Å². The molecule has 1 unspecified atom stereocenters. The van der Waals surface area contributed by atoms with Crippen LogP contribution < -0.4 is 4.90 Å². The van der Waals surface area contributed by atoms with E-state index in [-0.39, 0.29) is 18.2 Å². The minimum absolute atomic E-state index is 0.0979. The average molecular weight is 463 g/mol. The lowest BCUT2D eigenvalue weighted by molar-refractivity contribution is -0.141. The van der Waals surface area contributed by atoms with Crippen LogP contribution in [0.5, 0.6) is 0 Å². The van der Waals surface area contributed by atoms with Crippen molar-refractivity contribution >= 4 is 45.0 Å². The lowest BCUT2D eigenvalue weighted by atomic mass is 9.98. The van der Waals surface area contributed by atoms with Crippen LogP contribution in [0.4, 0.5) is 5.69 Å². The molecular formula is C21H21BrClN3O2. The van der Waals surface area contributed by atoms with Gasteiger partial charge in [0.25, 0.3) is 0 Å². The molecule has 146 valence electrons. The monoisotopic (exact) mass is 461 g/mol. The summed E-state index contributed by atoms with van der Waals surface area (Å²) in [7, 11) is 0. The number of carbonyl (C=O) groups excluding carboxylic acids is 2. The summed E-state index contributed by atoms with van der Waals surface area (Å²) in [6.07, 6.45) is 0.237. The summed E-state index contributed by atoms with van der Waals surface area (Å²) < 4.78 is 0.872. The van der Waals surface area contributed by atoms with Gasteiger partial charge in [-0.05, 0) is 23.8 Å². The molecule has 2 heterocycles. The van der Waals surface area contributed by atoms with Crippen molar-refractivity contribution < 1.29 is 9.59 Å². The van der Waals surface area contributed by atoms with E-state index in [0.29, 0.717) is 6.67 Å². The first-order valence-electron chi connectivity index (χ1n) is 9.35. The number of amides is 2. The van der Waals surface area contributed by atoms with E-state index in [1.807, 2.05) is 48.5 Å². The van der Waals surface area contributed by atoms with Crippen LogP contribution in [0.1, 0.15) is 17.9 Å². The summed E-state index contributed by atoms with van der Waals surface area (Å²) in [5.74, 6) is -0.600. The Morgan fingerprint density at radius 3 is 2.36 bits per heavy atom. The zero-order valence-corrected chi connectivity index (χ0v) is 17.7. The topological polar surface area (TPSA) is 43.9 Å². The number of hydrogen-bond donors (Lipinski definition) is 0. The highest BCUT2D eigenvalue weighted by Crippen LogP contribution is 2.34. The van der Waals surface area contributed by atoms with Crippen LogP contribution in [-0.4, -0.2) is 54.5 Å². The highest BCUT2D eigenvalue weighted by Gasteiger charge is 2.41. The van der Waals surface area contributed by atoms with E-state index < -0.39 is 5.92 Å². The highest BCUT2D eigenvalue weighted by molar-refractivity contribution is 9.10. The minimum atomic E-state index is -0.396. The molecule has 2 aliphatic heterocycles. The second kappa shape index (κ2) is 8.23. The molecule has 2 aromatic carbocycles. The Hall–Kier alpha value is -1.89. The Balaban J connectivity index is 1.39. The molecule has 0 aromatic heterocycles. The van der Waals surface area contributed by atoms with Crippen LogP contribution >= 0.6 is 27.5 Å². The Labute approximate surface area is 178 Å². The number of rotatable bonds is 4. The first kappa shape index (κ1) is 19.4. The van der Waals surface area contributed by atoms with Crippen LogP contribution in [0, 0.1) is 0 Å². The van der Waals surface area contributed by atoms with Crippen molar-refractivity contribution in [2.24, 2.45) is 0 Å². The Morgan fingerprint density at radius 1 is 0.964 bits per heavy atom. The molecule has 2 aromatic rings. The van der Waals surface area contributed by atoms with Crippen molar-refractivity contribution in [1.29, 1.82) is 0 Å². The second-order valence-corrected chi connectivity index (χ2v) is 8.40. The molecule has 4 rings (SSSR count). The van der Waals surface area contributed by atoms with Gasteiger partial charge in [-0.3, -0.25) is 19.4 Å². The van der Waals surface area contributed by atoms with Gasteiger partial charge in [0, 0.05) is 37.1 Å². The third kappa shape index (κ3) is 3.81. The molecule has 0 N–H and O–H groups in total. The molecule has 1 atom stereocenters. The Kier molecular flexibility index (Phi) is 5.71. The Morgan fingerprint density at radius 2 is 1.64 bits per heavy atom. The number of imide groups is 1. The SMILES string of the molecule is O=C1CC(c2ccccc2Br)C(=O)N1CN1CCN(c2ccccc2Cl)CC1. The Bertz CT molecular complexity index is 899. The van der Waals surface area contributed by atoms with Gasteiger partial charge in [0.1, 0.15) is 0 Å². The predicted octanol–water partition coefficient (Wildman–Crippen LogP) is 3.72. The summed E-state index contributed by atoms with van der Waals surface area (Å²) in [5, 5.41) is 0.747. The lowest BCUT2D eigenvalue weighted by Gasteiger charge is -2.37. The first-order chi connectivity index (χ1) is 13.5. The van der Waals surface area contributed by atoms with E-state index in [1.54, 1.807) is 0 Å². The molecule has 2 amide bonds. The summed E-state index contributed by atoms with van der Waals surface area (Å²) in [6, 6.07) is 15.4. The largest absolute Gasteiger partial charge is 0.368 e. The maximum atomic E-state index is 12.9. The van der Waals surface area contributed by atoms with Gasteiger partial charge in [-0.15, -0.1) is 0 Å². The minimum Gasteiger partial charge on any atom is -0.368 e. The van der Waals surface area contributed by atoms with E-state index in [1.165, 1.54) is 4.90 Å². The summed E-state index contributed by atoms with van der Waals surface area (Å²) in [5.41, 5.74) is 1.91. The molecular weight excluding hydrogens is 442 g/mol. The van der Waals surface area contributed by atoms with Gasteiger partial charge in [-0.1, -0.05) is 57.9 Å². The van der Waals surface area contributed by atoms with Crippen molar-refractivity contribution in [3.05, 3.63) is 63.6 Å². The van der Waals surface area contributed by atoms with Crippen molar-refractivity contribution in [3.63, 3.8) is 0 Å². The number of piperazine rings is 1. The van der Waals surface area contributed by atoms with Crippen molar-refractivity contribution in [2.75, 3.05) is 37.7 Å². The zero-order valence-electron chi connectivity index (χ0n) is 15.4. The molecule has 0 bridgehead atoms. The smallest absolute Gasteiger partial charge is 0.238 e. The number of benzene rings is 2. The molecule has 0 radical (unpaired) electrons. The third-order valence-electron chi connectivity index (χ3n) is 5.43. The average Bonchev–Trinajstić information content (AvgIpc) is 2.97. The van der Waals surface area contributed by atoms with Crippen LogP contribution in [0.15, 0.2) is 53.0 Å². The summed E-state index contributed by atoms with van der Waals surface area (Å²) >= 11 is 9.80. The van der Waals surface area contributed by atoms with E-state index in [0.717, 1.165) is 46.9 Å².